The quantitative estimate of drug-likeness (QED) is 0.757. The first-order valence-electron chi connectivity index (χ1n) is 9.08. The van der Waals surface area contributed by atoms with Crippen LogP contribution in [-0.2, 0) is 19.0 Å². The maximum absolute atomic E-state index is 13.0. The van der Waals surface area contributed by atoms with Gasteiger partial charge in [-0.05, 0) is 17.2 Å². The van der Waals surface area contributed by atoms with Gasteiger partial charge in [0.15, 0.2) is 6.10 Å². The lowest BCUT2D eigenvalue weighted by molar-refractivity contribution is -0.229. The van der Waals surface area contributed by atoms with Crippen LogP contribution in [-0.4, -0.2) is 35.9 Å². The van der Waals surface area contributed by atoms with Crippen molar-refractivity contribution in [3.63, 3.8) is 0 Å². The highest BCUT2D eigenvalue weighted by molar-refractivity contribution is 5.84. The Bertz CT molecular complexity index is 898. The Labute approximate surface area is 163 Å². The van der Waals surface area contributed by atoms with Crippen molar-refractivity contribution in [2.24, 2.45) is 0 Å². The minimum Gasteiger partial charge on any atom is -0.439 e. The second-order valence-electron chi connectivity index (χ2n) is 6.92. The van der Waals surface area contributed by atoms with E-state index >= 15 is 0 Å². The number of ether oxygens (including phenoxy) is 3. The van der Waals surface area contributed by atoms with Crippen LogP contribution in [0, 0.1) is 0 Å². The zero-order chi connectivity index (χ0) is 19.7. The molecule has 144 valence electrons. The molecule has 6 nitrogen and oxygen atoms in total. The lowest BCUT2D eigenvalue weighted by Crippen LogP contribution is -2.56. The number of methoxy groups -OCH3 is 1. The summed E-state index contributed by atoms with van der Waals surface area (Å²) in [5.41, 5.74) is 1.81. The number of carbonyl (C=O) groups excluding carboxylic acids is 2. The summed E-state index contributed by atoms with van der Waals surface area (Å²) in [6.07, 6.45) is 1.97. The van der Waals surface area contributed by atoms with Crippen molar-refractivity contribution in [3.8, 4) is 0 Å². The van der Waals surface area contributed by atoms with Crippen LogP contribution in [0.5, 0.6) is 0 Å². The first-order chi connectivity index (χ1) is 13.5. The molecule has 4 rings (SSSR count). The molecule has 0 aliphatic carbocycles. The summed E-state index contributed by atoms with van der Waals surface area (Å²) in [6.45, 7) is 1.64. The number of rotatable bonds is 4. The molecule has 1 saturated heterocycles. The minimum absolute atomic E-state index is 0.406. The van der Waals surface area contributed by atoms with E-state index in [9.17, 15) is 9.59 Å². The number of cyclic esters (lactones) is 2. The number of benzene rings is 2. The molecule has 2 aromatic carbocycles. The fraction of sp³-hybridized carbons (Fsp3) is 0.273. The number of carbonyl (C=O) groups is 2. The van der Waals surface area contributed by atoms with Crippen molar-refractivity contribution in [2.45, 2.75) is 30.9 Å². The highest BCUT2D eigenvalue weighted by Crippen LogP contribution is 2.46. The Hall–Kier alpha value is -3.12. The number of hydrogen-bond acceptors (Lipinski definition) is 5. The predicted octanol–water partition coefficient (Wildman–Crippen LogP) is 3.77. The Morgan fingerprint density at radius 2 is 1.57 bits per heavy atom. The number of esters is 1. The van der Waals surface area contributed by atoms with Crippen molar-refractivity contribution in [1.82, 2.24) is 4.90 Å². The third kappa shape index (κ3) is 3.05. The van der Waals surface area contributed by atoms with Gasteiger partial charge in [0.05, 0.1) is 0 Å². The van der Waals surface area contributed by atoms with Gasteiger partial charge in [0.1, 0.15) is 12.1 Å². The van der Waals surface area contributed by atoms with Crippen molar-refractivity contribution < 1.29 is 23.8 Å². The maximum Gasteiger partial charge on any atom is 0.411 e. The molecule has 2 heterocycles. The van der Waals surface area contributed by atoms with Gasteiger partial charge in [-0.1, -0.05) is 60.7 Å². The monoisotopic (exact) mass is 379 g/mol. The average molecular weight is 379 g/mol. The molecule has 1 fully saturated rings. The summed E-state index contributed by atoms with van der Waals surface area (Å²) in [5, 5.41) is 0. The SMILES string of the molecule is CO[C@]1(C)OC(=O)C=C[C@H]1N1C(=O)O[C@@H](c2ccccc2)[C@H]1c1ccccc1. The van der Waals surface area contributed by atoms with Crippen molar-refractivity contribution in [3.05, 3.63) is 83.9 Å². The van der Waals surface area contributed by atoms with Crippen LogP contribution in [0.2, 0.25) is 0 Å². The zero-order valence-corrected chi connectivity index (χ0v) is 15.6. The number of hydrogen-bond donors (Lipinski definition) is 0. The molecule has 2 aliphatic rings. The molecule has 0 radical (unpaired) electrons. The van der Waals surface area contributed by atoms with Gasteiger partial charge in [0.2, 0.25) is 5.79 Å². The van der Waals surface area contributed by atoms with Crippen LogP contribution >= 0.6 is 0 Å². The highest BCUT2D eigenvalue weighted by Gasteiger charge is 2.53. The Morgan fingerprint density at radius 3 is 2.18 bits per heavy atom. The molecule has 0 N–H and O–H groups in total. The van der Waals surface area contributed by atoms with Crippen LogP contribution < -0.4 is 0 Å². The third-order valence-corrected chi connectivity index (χ3v) is 5.25. The number of nitrogens with zero attached hydrogens (tertiary/aromatic N) is 1. The van der Waals surface area contributed by atoms with E-state index in [2.05, 4.69) is 0 Å². The van der Waals surface area contributed by atoms with Gasteiger partial charge < -0.3 is 14.2 Å². The van der Waals surface area contributed by atoms with E-state index in [1.165, 1.54) is 13.2 Å². The fourth-order valence-corrected chi connectivity index (χ4v) is 3.81. The molecule has 2 aliphatic heterocycles. The lowest BCUT2D eigenvalue weighted by atomic mass is 9.92. The third-order valence-electron chi connectivity index (χ3n) is 5.25. The molecule has 6 heteroatoms. The van der Waals surface area contributed by atoms with Gasteiger partial charge in [-0.2, -0.15) is 0 Å². The first kappa shape index (κ1) is 18.3. The summed E-state index contributed by atoms with van der Waals surface area (Å²) >= 11 is 0. The highest BCUT2D eigenvalue weighted by atomic mass is 16.7. The minimum atomic E-state index is -1.32. The predicted molar refractivity (Wildman–Crippen MR) is 101 cm³/mol. The summed E-state index contributed by atoms with van der Waals surface area (Å²) < 4.78 is 16.7. The molecular formula is C22H21NO5. The normalized spacial score (nSPS) is 29.5. The summed E-state index contributed by atoms with van der Waals surface area (Å²) in [7, 11) is 1.45. The van der Waals surface area contributed by atoms with Crippen molar-refractivity contribution in [1.29, 1.82) is 0 Å². The van der Waals surface area contributed by atoms with Gasteiger partial charge in [-0.25, -0.2) is 9.59 Å². The summed E-state index contributed by atoms with van der Waals surface area (Å²) in [5.74, 6) is -1.83. The van der Waals surface area contributed by atoms with Crippen molar-refractivity contribution >= 4 is 12.1 Å². The molecule has 1 amide bonds. The standard InChI is InChI=1S/C22H21NO5/c1-22(26-2)17(13-14-18(24)28-22)23-19(15-9-5-3-6-10-15)20(27-21(23)25)16-11-7-4-8-12-16/h3-14,17,19-20H,1-2H3/t17-,19-,20+,22-/m1/s1. The Kier molecular flexibility index (Phi) is 4.65. The average Bonchev–Trinajstić information content (AvgIpc) is 3.06. The molecule has 0 spiro atoms. The summed E-state index contributed by atoms with van der Waals surface area (Å²) in [4.78, 5) is 26.4. The van der Waals surface area contributed by atoms with Crippen molar-refractivity contribution in [2.75, 3.05) is 7.11 Å². The molecule has 0 aromatic heterocycles. The largest absolute Gasteiger partial charge is 0.439 e. The van der Waals surface area contributed by atoms with Crippen LogP contribution in [0.4, 0.5) is 4.79 Å². The molecule has 0 saturated carbocycles. The fourth-order valence-electron chi connectivity index (χ4n) is 3.81. The Morgan fingerprint density at radius 1 is 0.964 bits per heavy atom. The lowest BCUT2D eigenvalue weighted by Gasteiger charge is -2.42. The molecule has 0 bridgehead atoms. The van der Waals surface area contributed by atoms with E-state index in [1.54, 1.807) is 17.9 Å². The van der Waals surface area contributed by atoms with E-state index in [-0.39, 0.29) is 0 Å². The maximum atomic E-state index is 13.0. The molecule has 28 heavy (non-hydrogen) atoms. The van der Waals surface area contributed by atoms with E-state index < -0.39 is 36.0 Å². The van der Waals surface area contributed by atoms with Crippen LogP contribution in [0.15, 0.2) is 72.8 Å². The van der Waals surface area contributed by atoms with Crippen LogP contribution in [0.3, 0.4) is 0 Å². The summed E-state index contributed by atoms with van der Waals surface area (Å²) in [6, 6.07) is 18.2. The molecule has 4 atom stereocenters. The van der Waals surface area contributed by atoms with Crippen LogP contribution in [0.1, 0.15) is 30.2 Å². The first-order valence-corrected chi connectivity index (χ1v) is 9.08. The second-order valence-corrected chi connectivity index (χ2v) is 6.92. The smallest absolute Gasteiger partial charge is 0.411 e. The molecule has 0 unspecified atom stereocenters. The van der Waals surface area contributed by atoms with E-state index in [4.69, 9.17) is 14.2 Å². The second kappa shape index (κ2) is 7.13. The molecule has 2 aromatic rings. The van der Waals surface area contributed by atoms with E-state index in [1.807, 2.05) is 60.7 Å². The van der Waals surface area contributed by atoms with Gasteiger partial charge in [-0.15, -0.1) is 0 Å². The topological polar surface area (TPSA) is 65.1 Å². The van der Waals surface area contributed by atoms with Gasteiger partial charge in [0, 0.05) is 20.1 Å². The zero-order valence-electron chi connectivity index (χ0n) is 15.6. The van der Waals surface area contributed by atoms with Gasteiger partial charge in [0.25, 0.3) is 0 Å². The van der Waals surface area contributed by atoms with E-state index in [0.717, 1.165) is 11.1 Å². The Balaban J connectivity index is 1.82. The van der Waals surface area contributed by atoms with Gasteiger partial charge >= 0.3 is 12.1 Å². The number of amides is 1. The van der Waals surface area contributed by atoms with Crippen LogP contribution in [0.25, 0.3) is 0 Å². The molecular weight excluding hydrogens is 358 g/mol. The van der Waals surface area contributed by atoms with E-state index in [0.29, 0.717) is 0 Å². The van der Waals surface area contributed by atoms with Gasteiger partial charge in [-0.3, -0.25) is 4.90 Å².